The first-order chi connectivity index (χ1) is 8.54. The van der Waals surface area contributed by atoms with Crippen LogP contribution in [0.25, 0.3) is 0 Å². The van der Waals surface area contributed by atoms with Crippen molar-refractivity contribution >= 4 is 32.0 Å². The molecule has 1 amide bonds. The molecule has 0 radical (unpaired) electrons. The van der Waals surface area contributed by atoms with Crippen LogP contribution >= 0.6 is 15.9 Å². The van der Waals surface area contributed by atoms with Crippen LogP contribution in [0.4, 0.5) is 4.79 Å². The van der Waals surface area contributed by atoms with Crippen LogP contribution in [0.3, 0.4) is 0 Å². The van der Waals surface area contributed by atoms with Crippen molar-refractivity contribution < 1.29 is 17.9 Å². The van der Waals surface area contributed by atoms with Gasteiger partial charge in [-0.3, -0.25) is 0 Å². The molecule has 0 fully saturated rings. The average molecular weight is 350 g/mol. The van der Waals surface area contributed by atoms with Gasteiger partial charge >= 0.3 is 6.09 Å². The zero-order valence-electron chi connectivity index (χ0n) is 11.2. The highest BCUT2D eigenvalue weighted by Crippen LogP contribution is 2.19. The number of benzene rings is 1. The molecule has 0 N–H and O–H groups in total. The minimum atomic E-state index is -3.89. The SMILES string of the molecule is CN(C(=O)OC(C)(C)C)S(=O)(=O)c1ccc(Br)cc1. The van der Waals surface area contributed by atoms with E-state index in [-0.39, 0.29) is 4.90 Å². The zero-order valence-corrected chi connectivity index (χ0v) is 13.6. The highest BCUT2D eigenvalue weighted by Gasteiger charge is 2.29. The van der Waals surface area contributed by atoms with Gasteiger partial charge in [-0.15, -0.1) is 0 Å². The van der Waals surface area contributed by atoms with Gasteiger partial charge in [0, 0.05) is 11.5 Å². The predicted molar refractivity (Wildman–Crippen MR) is 75.3 cm³/mol. The fraction of sp³-hybridized carbons (Fsp3) is 0.417. The van der Waals surface area contributed by atoms with E-state index in [4.69, 9.17) is 4.74 Å². The minimum absolute atomic E-state index is 0.0315. The van der Waals surface area contributed by atoms with Crippen LogP contribution in [0.2, 0.25) is 0 Å². The second-order valence-electron chi connectivity index (χ2n) is 4.91. The Morgan fingerprint density at radius 1 is 1.21 bits per heavy atom. The van der Waals surface area contributed by atoms with Crippen molar-refractivity contribution in [1.82, 2.24) is 4.31 Å². The Labute approximate surface area is 121 Å². The molecule has 0 spiro atoms. The summed E-state index contributed by atoms with van der Waals surface area (Å²) in [4.78, 5) is 11.8. The average Bonchev–Trinajstić information content (AvgIpc) is 2.26. The van der Waals surface area contributed by atoms with E-state index < -0.39 is 21.7 Å². The van der Waals surface area contributed by atoms with Gasteiger partial charge in [0.15, 0.2) is 0 Å². The third-order valence-electron chi connectivity index (χ3n) is 2.12. The summed E-state index contributed by atoms with van der Waals surface area (Å²) in [5, 5.41) is 0. The van der Waals surface area contributed by atoms with Crippen molar-refractivity contribution in [2.75, 3.05) is 7.05 Å². The number of hydrogen-bond acceptors (Lipinski definition) is 4. The maximum absolute atomic E-state index is 12.2. The molecule has 0 aliphatic rings. The molecule has 5 nitrogen and oxygen atoms in total. The largest absolute Gasteiger partial charge is 0.443 e. The number of hydrogen-bond donors (Lipinski definition) is 0. The van der Waals surface area contributed by atoms with E-state index in [1.54, 1.807) is 32.9 Å². The fourth-order valence-corrected chi connectivity index (χ4v) is 2.48. The second kappa shape index (κ2) is 5.50. The molecule has 0 aliphatic carbocycles. The first kappa shape index (κ1) is 16.0. The van der Waals surface area contributed by atoms with Crippen LogP contribution in [0.1, 0.15) is 20.8 Å². The summed E-state index contributed by atoms with van der Waals surface area (Å²) in [6.07, 6.45) is -0.907. The lowest BCUT2D eigenvalue weighted by Crippen LogP contribution is -2.38. The number of carbonyl (C=O) groups is 1. The van der Waals surface area contributed by atoms with E-state index in [1.165, 1.54) is 19.2 Å². The van der Waals surface area contributed by atoms with Crippen LogP contribution in [-0.2, 0) is 14.8 Å². The van der Waals surface area contributed by atoms with E-state index in [0.29, 0.717) is 4.31 Å². The number of rotatable bonds is 2. The molecule has 1 aromatic rings. The monoisotopic (exact) mass is 349 g/mol. The molecular formula is C12H16BrNO4S. The number of carbonyl (C=O) groups excluding carboxylic acids is 1. The lowest BCUT2D eigenvalue weighted by atomic mass is 10.2. The van der Waals surface area contributed by atoms with Gasteiger partial charge in [-0.05, 0) is 45.0 Å². The Bertz CT molecular complexity index is 560. The Morgan fingerprint density at radius 3 is 2.11 bits per heavy atom. The van der Waals surface area contributed by atoms with E-state index >= 15 is 0 Å². The lowest BCUT2D eigenvalue weighted by Gasteiger charge is -2.24. The molecule has 0 bridgehead atoms. The van der Waals surface area contributed by atoms with Crippen LogP contribution in [-0.4, -0.2) is 31.5 Å². The Morgan fingerprint density at radius 2 is 1.68 bits per heavy atom. The number of amides is 1. The van der Waals surface area contributed by atoms with E-state index in [2.05, 4.69) is 15.9 Å². The fourth-order valence-electron chi connectivity index (χ4n) is 1.19. The van der Waals surface area contributed by atoms with Gasteiger partial charge in [0.05, 0.1) is 4.90 Å². The maximum atomic E-state index is 12.2. The van der Waals surface area contributed by atoms with Gasteiger partial charge in [0.2, 0.25) is 0 Å². The highest BCUT2D eigenvalue weighted by molar-refractivity contribution is 9.10. The van der Waals surface area contributed by atoms with Crippen LogP contribution in [0, 0.1) is 0 Å². The number of sulfonamides is 1. The van der Waals surface area contributed by atoms with Crippen LogP contribution in [0.15, 0.2) is 33.6 Å². The van der Waals surface area contributed by atoms with Gasteiger partial charge in [0.25, 0.3) is 10.0 Å². The molecule has 0 heterocycles. The molecule has 0 atom stereocenters. The number of ether oxygens (including phenoxy) is 1. The molecule has 1 aromatic carbocycles. The van der Waals surface area contributed by atoms with Crippen molar-refractivity contribution in [3.05, 3.63) is 28.7 Å². The first-order valence-electron chi connectivity index (χ1n) is 5.51. The quantitative estimate of drug-likeness (QED) is 0.823. The van der Waals surface area contributed by atoms with Crippen molar-refractivity contribution in [2.45, 2.75) is 31.3 Å². The van der Waals surface area contributed by atoms with Gasteiger partial charge in [0.1, 0.15) is 5.60 Å². The summed E-state index contributed by atoms with van der Waals surface area (Å²) in [6.45, 7) is 5.01. The minimum Gasteiger partial charge on any atom is -0.443 e. The smallest absolute Gasteiger partial charge is 0.424 e. The van der Waals surface area contributed by atoms with E-state index in [1.807, 2.05) is 0 Å². The Hall–Kier alpha value is -1.08. The highest BCUT2D eigenvalue weighted by atomic mass is 79.9. The molecule has 0 aliphatic heterocycles. The summed E-state index contributed by atoms with van der Waals surface area (Å²) in [5.41, 5.74) is -0.749. The summed E-state index contributed by atoms with van der Waals surface area (Å²) >= 11 is 3.22. The zero-order chi connectivity index (χ0) is 14.8. The maximum Gasteiger partial charge on any atom is 0.424 e. The molecule has 19 heavy (non-hydrogen) atoms. The standard InChI is InChI=1S/C12H16BrNO4S/c1-12(2,3)18-11(15)14(4)19(16,17)10-7-5-9(13)6-8-10/h5-8H,1-4H3. The first-order valence-corrected chi connectivity index (χ1v) is 7.75. The van der Waals surface area contributed by atoms with E-state index in [0.717, 1.165) is 4.47 Å². The summed E-state index contributed by atoms with van der Waals surface area (Å²) < 4.78 is 30.7. The van der Waals surface area contributed by atoms with E-state index in [9.17, 15) is 13.2 Å². The molecule has 1 rings (SSSR count). The third-order valence-corrected chi connectivity index (χ3v) is 4.39. The molecule has 0 saturated carbocycles. The topological polar surface area (TPSA) is 63.7 Å². The molecule has 0 saturated heterocycles. The van der Waals surface area contributed by atoms with Crippen LogP contribution < -0.4 is 0 Å². The van der Waals surface area contributed by atoms with Gasteiger partial charge in [-0.25, -0.2) is 17.5 Å². The van der Waals surface area contributed by atoms with Gasteiger partial charge < -0.3 is 4.74 Å². The molecule has 106 valence electrons. The lowest BCUT2D eigenvalue weighted by molar-refractivity contribution is 0.0420. The second-order valence-corrected chi connectivity index (χ2v) is 7.79. The van der Waals surface area contributed by atoms with Crippen LogP contribution in [0.5, 0.6) is 0 Å². The summed E-state index contributed by atoms with van der Waals surface area (Å²) in [7, 11) is -2.72. The Balaban J connectivity index is 3.00. The third kappa shape index (κ3) is 4.21. The van der Waals surface area contributed by atoms with Gasteiger partial charge in [-0.1, -0.05) is 15.9 Å². The predicted octanol–water partition coefficient (Wildman–Crippen LogP) is 3.00. The summed E-state index contributed by atoms with van der Waals surface area (Å²) in [6, 6.07) is 6.02. The normalized spacial score (nSPS) is 12.1. The summed E-state index contributed by atoms with van der Waals surface area (Å²) in [5.74, 6) is 0. The van der Waals surface area contributed by atoms with Crippen molar-refractivity contribution in [3.63, 3.8) is 0 Å². The van der Waals surface area contributed by atoms with Crippen molar-refractivity contribution in [1.29, 1.82) is 0 Å². The molecule has 7 heteroatoms. The molecule has 0 aromatic heterocycles. The van der Waals surface area contributed by atoms with Crippen molar-refractivity contribution in [3.8, 4) is 0 Å². The molecular weight excluding hydrogens is 334 g/mol. The Kier molecular flexibility index (Phi) is 4.63. The van der Waals surface area contributed by atoms with Crippen molar-refractivity contribution in [2.24, 2.45) is 0 Å². The van der Waals surface area contributed by atoms with Gasteiger partial charge in [-0.2, -0.15) is 0 Å². The number of nitrogens with zero attached hydrogens (tertiary/aromatic N) is 1. The molecule has 0 unspecified atom stereocenters. The number of halogens is 1.